The van der Waals surface area contributed by atoms with Crippen LogP contribution >= 0.6 is 0 Å². The van der Waals surface area contributed by atoms with E-state index in [4.69, 9.17) is 4.74 Å². The molecule has 1 fully saturated rings. The van der Waals surface area contributed by atoms with Crippen LogP contribution in [0.3, 0.4) is 0 Å². The fourth-order valence-electron chi connectivity index (χ4n) is 2.24. The minimum atomic E-state index is -0.834. The van der Waals surface area contributed by atoms with Gasteiger partial charge in [-0.15, -0.1) is 0 Å². The molecule has 0 bridgehead atoms. The molecule has 0 aliphatic carbocycles. The highest BCUT2D eigenvalue weighted by Gasteiger charge is 2.42. The molecule has 0 radical (unpaired) electrons. The van der Waals surface area contributed by atoms with Gasteiger partial charge in [0.15, 0.2) is 0 Å². The van der Waals surface area contributed by atoms with Crippen molar-refractivity contribution in [2.75, 3.05) is 13.1 Å². The molecule has 1 amide bonds. The smallest absolute Gasteiger partial charge is 0.410 e. The Bertz CT molecular complexity index is 332. The van der Waals surface area contributed by atoms with Gasteiger partial charge in [0, 0.05) is 13.1 Å². The van der Waals surface area contributed by atoms with Crippen LogP contribution in [0.2, 0.25) is 0 Å². The monoisotopic (exact) mass is 257 g/mol. The lowest BCUT2D eigenvalue weighted by molar-refractivity contribution is -0.142. The van der Waals surface area contributed by atoms with E-state index in [9.17, 15) is 14.7 Å². The van der Waals surface area contributed by atoms with Gasteiger partial charge in [-0.25, -0.2) is 4.79 Å². The van der Waals surface area contributed by atoms with E-state index in [1.54, 1.807) is 20.8 Å². The van der Waals surface area contributed by atoms with Gasteiger partial charge in [-0.3, -0.25) is 4.79 Å². The molecule has 5 nitrogen and oxygen atoms in total. The molecule has 1 aliphatic rings. The van der Waals surface area contributed by atoms with Crippen molar-refractivity contribution in [2.24, 2.45) is 17.8 Å². The van der Waals surface area contributed by atoms with E-state index in [2.05, 4.69) is 0 Å². The summed E-state index contributed by atoms with van der Waals surface area (Å²) in [6.45, 7) is 10.1. The summed E-state index contributed by atoms with van der Waals surface area (Å²) in [5.74, 6) is -1.09. The van der Waals surface area contributed by atoms with E-state index < -0.39 is 23.6 Å². The molecule has 1 saturated heterocycles. The minimum absolute atomic E-state index is 0.00461. The molecule has 1 aliphatic heterocycles. The van der Waals surface area contributed by atoms with Crippen molar-refractivity contribution < 1.29 is 19.4 Å². The maximum absolute atomic E-state index is 11.9. The van der Waals surface area contributed by atoms with Gasteiger partial charge in [0.05, 0.1) is 5.92 Å². The molecule has 5 heteroatoms. The number of hydrogen-bond donors (Lipinski definition) is 1. The molecule has 1 N–H and O–H groups in total. The Morgan fingerprint density at radius 1 is 1.28 bits per heavy atom. The first-order valence-corrected chi connectivity index (χ1v) is 6.32. The van der Waals surface area contributed by atoms with E-state index >= 15 is 0 Å². The molecule has 0 aromatic heterocycles. The lowest BCUT2D eigenvalue weighted by Gasteiger charge is -2.24. The third-order valence-corrected chi connectivity index (χ3v) is 3.19. The number of rotatable bonds is 2. The molecular formula is C13H23NO4. The number of hydrogen-bond acceptors (Lipinski definition) is 3. The Morgan fingerprint density at radius 3 is 2.17 bits per heavy atom. The number of aliphatic carboxylic acids is 1. The van der Waals surface area contributed by atoms with Crippen LogP contribution in [0.4, 0.5) is 4.79 Å². The average Bonchev–Trinajstić information content (AvgIpc) is 2.58. The number of carboxylic acid groups (broad SMARTS) is 1. The summed E-state index contributed by atoms with van der Waals surface area (Å²) in [4.78, 5) is 24.6. The summed E-state index contributed by atoms with van der Waals surface area (Å²) in [6, 6.07) is 0. The molecule has 0 unspecified atom stereocenters. The van der Waals surface area contributed by atoms with E-state index in [-0.39, 0.29) is 18.4 Å². The molecule has 0 saturated carbocycles. The van der Waals surface area contributed by atoms with Crippen LogP contribution < -0.4 is 0 Å². The van der Waals surface area contributed by atoms with E-state index in [1.807, 2.05) is 13.8 Å². The highest BCUT2D eigenvalue weighted by atomic mass is 16.6. The fraction of sp³-hybridized carbons (Fsp3) is 0.846. The van der Waals surface area contributed by atoms with Crippen LogP contribution in [0.15, 0.2) is 0 Å². The summed E-state index contributed by atoms with van der Waals surface area (Å²) in [6.07, 6.45) is -0.420. The molecule has 0 aromatic rings. The standard InChI is InChI=1S/C13H23NO4/c1-8(2)9-6-14(7-10(9)11(15)16)12(17)18-13(3,4)5/h8-10H,6-7H2,1-5H3,(H,15,16)/t9-,10+/m1/s1. The Labute approximate surface area is 108 Å². The van der Waals surface area contributed by atoms with Crippen molar-refractivity contribution >= 4 is 12.1 Å². The zero-order valence-corrected chi connectivity index (χ0v) is 11.8. The quantitative estimate of drug-likeness (QED) is 0.823. The van der Waals surface area contributed by atoms with Gasteiger partial charge < -0.3 is 14.7 Å². The molecular weight excluding hydrogens is 234 g/mol. The molecule has 18 heavy (non-hydrogen) atoms. The second-order valence-corrected chi connectivity index (χ2v) is 6.24. The van der Waals surface area contributed by atoms with Gasteiger partial charge >= 0.3 is 12.1 Å². The van der Waals surface area contributed by atoms with Gasteiger partial charge in [-0.05, 0) is 32.6 Å². The van der Waals surface area contributed by atoms with Crippen molar-refractivity contribution in [3.05, 3.63) is 0 Å². The van der Waals surface area contributed by atoms with Crippen molar-refractivity contribution in [2.45, 2.75) is 40.2 Å². The van der Waals surface area contributed by atoms with Gasteiger partial charge in [0.1, 0.15) is 5.60 Å². The second kappa shape index (κ2) is 5.16. The lowest BCUT2D eigenvalue weighted by atomic mass is 9.86. The van der Waals surface area contributed by atoms with Crippen molar-refractivity contribution in [3.63, 3.8) is 0 Å². The Hall–Kier alpha value is -1.26. The van der Waals surface area contributed by atoms with Crippen LogP contribution in [0.1, 0.15) is 34.6 Å². The number of ether oxygens (including phenoxy) is 1. The molecule has 1 rings (SSSR count). The SMILES string of the molecule is CC(C)[C@H]1CN(C(=O)OC(C)(C)C)C[C@@H]1C(=O)O. The maximum Gasteiger partial charge on any atom is 0.410 e. The average molecular weight is 257 g/mol. The fourth-order valence-corrected chi connectivity index (χ4v) is 2.24. The van der Waals surface area contributed by atoms with Crippen LogP contribution in [0.25, 0.3) is 0 Å². The van der Waals surface area contributed by atoms with Crippen LogP contribution in [-0.2, 0) is 9.53 Å². The van der Waals surface area contributed by atoms with Crippen LogP contribution in [0, 0.1) is 17.8 Å². The van der Waals surface area contributed by atoms with Crippen LogP contribution in [-0.4, -0.2) is 40.8 Å². The molecule has 0 aromatic carbocycles. The number of carbonyl (C=O) groups is 2. The second-order valence-electron chi connectivity index (χ2n) is 6.24. The zero-order chi connectivity index (χ0) is 14.1. The van der Waals surface area contributed by atoms with Crippen molar-refractivity contribution in [3.8, 4) is 0 Å². The molecule has 1 heterocycles. The predicted octanol–water partition coefficient (Wildman–Crippen LogP) is 2.21. The highest BCUT2D eigenvalue weighted by molar-refractivity contribution is 5.74. The molecule has 0 spiro atoms. The van der Waals surface area contributed by atoms with Gasteiger partial charge in [-0.1, -0.05) is 13.8 Å². The largest absolute Gasteiger partial charge is 0.481 e. The topological polar surface area (TPSA) is 66.8 Å². The zero-order valence-electron chi connectivity index (χ0n) is 11.8. The summed E-state index contributed by atoms with van der Waals surface area (Å²) in [7, 11) is 0. The molecule has 2 atom stereocenters. The van der Waals surface area contributed by atoms with Gasteiger partial charge in [0.25, 0.3) is 0 Å². The number of amides is 1. The summed E-state index contributed by atoms with van der Waals surface area (Å²) in [5.41, 5.74) is -0.550. The summed E-state index contributed by atoms with van der Waals surface area (Å²) >= 11 is 0. The number of carboxylic acids is 1. The van der Waals surface area contributed by atoms with Gasteiger partial charge in [-0.2, -0.15) is 0 Å². The van der Waals surface area contributed by atoms with Gasteiger partial charge in [0.2, 0.25) is 0 Å². The predicted molar refractivity (Wildman–Crippen MR) is 67.3 cm³/mol. The van der Waals surface area contributed by atoms with E-state index in [0.717, 1.165) is 0 Å². The Morgan fingerprint density at radius 2 is 1.83 bits per heavy atom. The Balaban J connectivity index is 2.72. The normalized spacial score (nSPS) is 24.4. The van der Waals surface area contributed by atoms with E-state index in [0.29, 0.717) is 6.54 Å². The summed E-state index contributed by atoms with van der Waals surface area (Å²) < 4.78 is 5.27. The molecule has 104 valence electrons. The van der Waals surface area contributed by atoms with Crippen molar-refractivity contribution in [1.82, 2.24) is 4.90 Å². The van der Waals surface area contributed by atoms with Crippen LogP contribution in [0.5, 0.6) is 0 Å². The number of nitrogens with zero attached hydrogens (tertiary/aromatic N) is 1. The maximum atomic E-state index is 11.9. The summed E-state index contributed by atoms with van der Waals surface area (Å²) in [5, 5.41) is 9.19. The van der Waals surface area contributed by atoms with Crippen molar-refractivity contribution in [1.29, 1.82) is 0 Å². The lowest BCUT2D eigenvalue weighted by Crippen LogP contribution is -2.36. The highest BCUT2D eigenvalue weighted by Crippen LogP contribution is 2.30. The number of likely N-dealkylation sites (tertiary alicyclic amines) is 1. The Kier molecular flexibility index (Phi) is 4.24. The van der Waals surface area contributed by atoms with E-state index in [1.165, 1.54) is 4.90 Å². The first kappa shape index (κ1) is 14.8. The number of carbonyl (C=O) groups excluding carboxylic acids is 1. The first-order valence-electron chi connectivity index (χ1n) is 6.32. The minimum Gasteiger partial charge on any atom is -0.481 e. The third-order valence-electron chi connectivity index (χ3n) is 3.19. The first-order chi connectivity index (χ1) is 8.11. The third kappa shape index (κ3) is 3.62.